The Labute approximate surface area is 79.3 Å². The van der Waals surface area contributed by atoms with E-state index < -0.39 is 10.8 Å². The predicted octanol–water partition coefficient (Wildman–Crippen LogP) is 2.76. The lowest BCUT2D eigenvalue weighted by Gasteiger charge is -2.36. The van der Waals surface area contributed by atoms with Crippen LogP contribution in [0.15, 0.2) is 0 Å². The topological polar surface area (TPSA) is 0 Å². The Morgan fingerprint density at radius 3 is 1.67 bits per heavy atom. The number of nitrogens with zero attached hydrogens (tertiary/aromatic N) is 1. The SMILES string of the molecule is CC[N+](CC)(CCBr)C(F)(F)F. The minimum Gasteiger partial charge on any atom is -0.230 e. The van der Waals surface area contributed by atoms with E-state index in [2.05, 4.69) is 15.9 Å². The number of rotatable bonds is 4. The largest absolute Gasteiger partial charge is 0.561 e. The van der Waals surface area contributed by atoms with Gasteiger partial charge in [-0.2, -0.15) is 0 Å². The summed E-state index contributed by atoms with van der Waals surface area (Å²) >= 11 is 3.04. The van der Waals surface area contributed by atoms with Gasteiger partial charge in [-0.05, 0) is 13.8 Å². The predicted molar refractivity (Wildman–Crippen MR) is 46.1 cm³/mol. The number of alkyl halides is 4. The lowest BCUT2D eigenvalue weighted by molar-refractivity contribution is -1.02. The van der Waals surface area contributed by atoms with E-state index in [4.69, 9.17) is 0 Å². The summed E-state index contributed by atoms with van der Waals surface area (Å²) in [6, 6.07) is 0. The summed E-state index contributed by atoms with van der Waals surface area (Å²) in [5, 5.41) is 0.383. The first kappa shape index (κ1) is 12.2. The maximum Gasteiger partial charge on any atom is 0.561 e. The van der Waals surface area contributed by atoms with Gasteiger partial charge in [-0.3, -0.25) is 0 Å². The van der Waals surface area contributed by atoms with Crippen LogP contribution >= 0.6 is 15.9 Å². The summed E-state index contributed by atoms with van der Waals surface area (Å²) < 4.78 is 36.7. The van der Waals surface area contributed by atoms with Crippen molar-refractivity contribution in [2.45, 2.75) is 20.1 Å². The molecule has 0 aromatic rings. The Balaban J connectivity index is 4.57. The summed E-state index contributed by atoms with van der Waals surface area (Å²) in [5.74, 6) is 0. The Hall–Kier alpha value is 0.230. The second-order valence-electron chi connectivity index (χ2n) is 2.66. The molecule has 0 aliphatic carbocycles. The highest BCUT2D eigenvalue weighted by Gasteiger charge is 2.52. The number of halogens is 4. The molecule has 0 aliphatic rings. The molecule has 12 heavy (non-hydrogen) atoms. The Morgan fingerprint density at radius 2 is 1.58 bits per heavy atom. The van der Waals surface area contributed by atoms with Gasteiger partial charge in [0.25, 0.3) is 0 Å². The number of hydrogen-bond acceptors (Lipinski definition) is 0. The first-order valence-corrected chi connectivity index (χ1v) is 5.04. The minimum atomic E-state index is -4.13. The molecule has 0 aliphatic heterocycles. The highest BCUT2D eigenvalue weighted by Crippen LogP contribution is 2.30. The fourth-order valence-corrected chi connectivity index (χ4v) is 1.87. The van der Waals surface area contributed by atoms with Crippen LogP contribution in [0, 0.1) is 0 Å². The Morgan fingerprint density at radius 1 is 1.17 bits per heavy atom. The molecule has 0 saturated heterocycles. The average molecular weight is 249 g/mol. The Kier molecular flexibility index (Phi) is 4.55. The molecule has 0 unspecified atom stereocenters. The first-order chi connectivity index (χ1) is 5.43. The van der Waals surface area contributed by atoms with Crippen molar-refractivity contribution in [3.05, 3.63) is 0 Å². The molecule has 0 saturated carbocycles. The van der Waals surface area contributed by atoms with Crippen molar-refractivity contribution in [3.63, 3.8) is 0 Å². The van der Waals surface area contributed by atoms with E-state index in [0.717, 1.165) is 0 Å². The van der Waals surface area contributed by atoms with Crippen LogP contribution in [-0.2, 0) is 0 Å². The van der Waals surface area contributed by atoms with E-state index in [0.29, 0.717) is 5.33 Å². The van der Waals surface area contributed by atoms with Crippen LogP contribution in [0.4, 0.5) is 13.2 Å². The second kappa shape index (κ2) is 4.46. The smallest absolute Gasteiger partial charge is 0.230 e. The fraction of sp³-hybridized carbons (Fsp3) is 1.00. The molecule has 0 fully saturated rings. The molecule has 0 spiro atoms. The molecule has 0 aromatic carbocycles. The van der Waals surface area contributed by atoms with Crippen molar-refractivity contribution in [2.75, 3.05) is 25.0 Å². The molecule has 0 atom stereocenters. The standard InChI is InChI=1S/C7H14BrF3N/c1-3-12(4-2,6-5-8)7(9,10)11/h3-6H2,1-2H3/q+1. The van der Waals surface area contributed by atoms with Crippen LogP contribution in [0.1, 0.15) is 13.8 Å². The van der Waals surface area contributed by atoms with Gasteiger partial charge in [0.15, 0.2) is 0 Å². The molecular weight excluding hydrogens is 235 g/mol. The molecule has 0 rings (SSSR count). The van der Waals surface area contributed by atoms with Gasteiger partial charge in [-0.25, -0.2) is 4.48 Å². The maximum atomic E-state index is 12.5. The van der Waals surface area contributed by atoms with Gasteiger partial charge in [0.1, 0.15) is 0 Å². The van der Waals surface area contributed by atoms with Crippen molar-refractivity contribution >= 4 is 15.9 Å². The molecular formula is C7H14BrF3N+. The zero-order valence-electron chi connectivity index (χ0n) is 7.29. The van der Waals surface area contributed by atoms with E-state index in [1.165, 1.54) is 0 Å². The lowest BCUT2D eigenvalue weighted by atomic mass is 10.4. The highest BCUT2D eigenvalue weighted by atomic mass is 79.9. The normalized spacial score (nSPS) is 13.5. The number of hydrogen-bond donors (Lipinski definition) is 0. The van der Waals surface area contributed by atoms with Gasteiger partial charge in [0.2, 0.25) is 0 Å². The van der Waals surface area contributed by atoms with Crippen molar-refractivity contribution in [1.29, 1.82) is 0 Å². The van der Waals surface area contributed by atoms with E-state index in [1.807, 2.05) is 0 Å². The van der Waals surface area contributed by atoms with Crippen LogP contribution in [0.5, 0.6) is 0 Å². The van der Waals surface area contributed by atoms with Crippen LogP contribution in [0.25, 0.3) is 0 Å². The first-order valence-electron chi connectivity index (χ1n) is 3.92. The molecule has 5 heteroatoms. The zero-order valence-corrected chi connectivity index (χ0v) is 8.87. The monoisotopic (exact) mass is 248 g/mol. The summed E-state index contributed by atoms with van der Waals surface area (Å²) in [5.41, 5.74) is 0. The van der Waals surface area contributed by atoms with Gasteiger partial charge in [0, 0.05) is 0 Å². The van der Waals surface area contributed by atoms with E-state index in [1.54, 1.807) is 13.8 Å². The number of quaternary nitrogens is 1. The average Bonchev–Trinajstić information content (AvgIpc) is 1.98. The summed E-state index contributed by atoms with van der Waals surface area (Å²) in [6.07, 6.45) is -4.13. The highest BCUT2D eigenvalue weighted by molar-refractivity contribution is 9.09. The third-order valence-corrected chi connectivity index (χ3v) is 2.62. The molecule has 0 heterocycles. The van der Waals surface area contributed by atoms with Crippen molar-refractivity contribution in [1.82, 2.24) is 0 Å². The molecule has 74 valence electrons. The van der Waals surface area contributed by atoms with Crippen LogP contribution in [0.2, 0.25) is 0 Å². The van der Waals surface area contributed by atoms with Crippen LogP contribution < -0.4 is 0 Å². The molecule has 1 nitrogen and oxygen atoms in total. The van der Waals surface area contributed by atoms with Gasteiger partial charge in [-0.1, -0.05) is 15.9 Å². The zero-order chi connectivity index (χ0) is 9.83. The van der Waals surface area contributed by atoms with Crippen LogP contribution in [0.3, 0.4) is 0 Å². The lowest BCUT2D eigenvalue weighted by Crippen LogP contribution is -2.58. The third kappa shape index (κ3) is 2.36. The van der Waals surface area contributed by atoms with E-state index >= 15 is 0 Å². The second-order valence-corrected chi connectivity index (χ2v) is 3.45. The van der Waals surface area contributed by atoms with Crippen LogP contribution in [-0.4, -0.2) is 35.7 Å². The van der Waals surface area contributed by atoms with E-state index in [-0.39, 0.29) is 19.6 Å². The third-order valence-electron chi connectivity index (χ3n) is 2.26. The molecule has 0 aromatic heterocycles. The minimum absolute atomic E-state index is 0.103. The molecule has 0 N–H and O–H groups in total. The van der Waals surface area contributed by atoms with Crippen molar-refractivity contribution in [2.24, 2.45) is 0 Å². The van der Waals surface area contributed by atoms with Gasteiger partial charge < -0.3 is 0 Å². The summed E-state index contributed by atoms with van der Waals surface area (Å²) in [6.45, 7) is 3.45. The van der Waals surface area contributed by atoms with Gasteiger partial charge in [-0.15, -0.1) is 13.2 Å². The summed E-state index contributed by atoms with van der Waals surface area (Å²) in [4.78, 5) is 0. The molecule has 0 bridgehead atoms. The molecule has 0 amide bonds. The van der Waals surface area contributed by atoms with Crippen molar-refractivity contribution in [3.8, 4) is 0 Å². The van der Waals surface area contributed by atoms with Gasteiger partial charge in [0.05, 0.1) is 25.0 Å². The van der Waals surface area contributed by atoms with Gasteiger partial charge >= 0.3 is 6.30 Å². The van der Waals surface area contributed by atoms with E-state index in [9.17, 15) is 13.2 Å². The Bertz CT molecular complexity index is 131. The summed E-state index contributed by atoms with van der Waals surface area (Å²) in [7, 11) is 0. The maximum absolute atomic E-state index is 12.5. The molecule has 0 radical (unpaired) electrons. The van der Waals surface area contributed by atoms with Crippen molar-refractivity contribution < 1.29 is 17.7 Å². The quantitative estimate of drug-likeness (QED) is 0.408. The fourth-order valence-electron chi connectivity index (χ4n) is 1.19.